The van der Waals surface area contributed by atoms with Crippen molar-refractivity contribution in [2.24, 2.45) is 5.10 Å². The number of halogens is 1. The zero-order valence-electron chi connectivity index (χ0n) is 12.5. The van der Waals surface area contributed by atoms with Crippen LogP contribution >= 0.6 is 11.6 Å². The van der Waals surface area contributed by atoms with Crippen LogP contribution in [0.3, 0.4) is 0 Å². The maximum Gasteiger partial charge on any atom is 0.276 e. The van der Waals surface area contributed by atoms with Gasteiger partial charge in [0, 0.05) is 10.6 Å². The Morgan fingerprint density at radius 3 is 2.39 bits per heavy atom. The lowest BCUT2D eigenvalue weighted by Gasteiger charge is -2.09. The van der Waals surface area contributed by atoms with Crippen LogP contribution in [0.1, 0.15) is 5.56 Å². The van der Waals surface area contributed by atoms with E-state index >= 15 is 0 Å². The number of hydrogen-bond donors (Lipinski definition) is 1. The van der Waals surface area contributed by atoms with Crippen molar-refractivity contribution < 1.29 is 17.9 Å². The van der Waals surface area contributed by atoms with Gasteiger partial charge in [-0.15, -0.1) is 0 Å². The van der Waals surface area contributed by atoms with Crippen molar-refractivity contribution >= 4 is 27.8 Å². The SMILES string of the molecule is COc1cccc(/C=N/NS(=O)(=O)c2ccc(Cl)cc2)c1OC. The monoisotopic (exact) mass is 354 g/mol. The van der Waals surface area contributed by atoms with Gasteiger partial charge in [0.05, 0.1) is 25.3 Å². The number of nitrogens with zero attached hydrogens (tertiary/aromatic N) is 1. The molecule has 0 saturated heterocycles. The Kier molecular flexibility index (Phi) is 5.46. The summed E-state index contributed by atoms with van der Waals surface area (Å²) < 4.78 is 34.6. The summed E-state index contributed by atoms with van der Waals surface area (Å²) >= 11 is 5.74. The van der Waals surface area contributed by atoms with E-state index in [-0.39, 0.29) is 4.90 Å². The third-order valence-corrected chi connectivity index (χ3v) is 4.42. The molecule has 6 nitrogen and oxygen atoms in total. The van der Waals surface area contributed by atoms with Crippen molar-refractivity contribution in [1.82, 2.24) is 4.83 Å². The van der Waals surface area contributed by atoms with Gasteiger partial charge in [-0.3, -0.25) is 0 Å². The van der Waals surface area contributed by atoms with Crippen molar-refractivity contribution in [2.75, 3.05) is 14.2 Å². The highest BCUT2D eigenvalue weighted by atomic mass is 35.5. The number of hydrogen-bond acceptors (Lipinski definition) is 5. The number of methoxy groups -OCH3 is 2. The molecule has 0 radical (unpaired) electrons. The fourth-order valence-electron chi connectivity index (χ4n) is 1.85. The summed E-state index contributed by atoms with van der Waals surface area (Å²) in [7, 11) is -0.752. The molecule has 0 unspecified atom stereocenters. The molecule has 8 heteroatoms. The van der Waals surface area contributed by atoms with Crippen molar-refractivity contribution in [3.63, 3.8) is 0 Å². The highest BCUT2D eigenvalue weighted by Gasteiger charge is 2.12. The fourth-order valence-corrected chi connectivity index (χ4v) is 2.76. The Morgan fingerprint density at radius 2 is 1.78 bits per heavy atom. The maximum atomic E-state index is 12.1. The molecule has 1 N–H and O–H groups in total. The van der Waals surface area contributed by atoms with Crippen molar-refractivity contribution in [1.29, 1.82) is 0 Å². The van der Waals surface area contributed by atoms with Crippen LogP contribution in [0.25, 0.3) is 0 Å². The Balaban J connectivity index is 2.20. The lowest BCUT2D eigenvalue weighted by atomic mass is 10.2. The van der Waals surface area contributed by atoms with Gasteiger partial charge < -0.3 is 9.47 Å². The molecule has 0 heterocycles. The summed E-state index contributed by atoms with van der Waals surface area (Å²) in [4.78, 5) is 2.20. The number of para-hydroxylation sites is 1. The first-order chi connectivity index (χ1) is 11.0. The van der Waals surface area contributed by atoms with Gasteiger partial charge in [0.1, 0.15) is 0 Å². The standard InChI is InChI=1S/C15H15ClN2O4S/c1-21-14-5-3-4-11(15(14)22-2)10-17-18-23(19,20)13-8-6-12(16)7-9-13/h3-10,18H,1-2H3/b17-10+. The smallest absolute Gasteiger partial charge is 0.276 e. The van der Waals surface area contributed by atoms with Gasteiger partial charge in [-0.1, -0.05) is 17.7 Å². The molecular formula is C15H15ClN2O4S. The lowest BCUT2D eigenvalue weighted by molar-refractivity contribution is 0.354. The first-order valence-corrected chi connectivity index (χ1v) is 8.35. The van der Waals surface area contributed by atoms with Gasteiger partial charge in [0.2, 0.25) is 0 Å². The molecule has 2 aromatic rings. The van der Waals surface area contributed by atoms with E-state index in [2.05, 4.69) is 9.93 Å². The predicted molar refractivity (Wildman–Crippen MR) is 88.9 cm³/mol. The van der Waals surface area contributed by atoms with Crippen molar-refractivity contribution in [3.05, 3.63) is 53.1 Å². The van der Waals surface area contributed by atoms with Gasteiger partial charge >= 0.3 is 0 Å². The van der Waals surface area contributed by atoms with Gasteiger partial charge in [-0.05, 0) is 36.4 Å². The number of ether oxygens (including phenoxy) is 2. The molecule has 0 spiro atoms. The number of hydrazone groups is 1. The first kappa shape index (κ1) is 17.1. The van der Waals surface area contributed by atoms with E-state index in [0.717, 1.165) is 0 Å². The molecule has 0 amide bonds. The molecule has 0 aliphatic rings. The minimum Gasteiger partial charge on any atom is -0.493 e. The zero-order valence-corrected chi connectivity index (χ0v) is 14.1. The quantitative estimate of drug-likeness (QED) is 0.639. The second kappa shape index (κ2) is 7.34. The van der Waals surface area contributed by atoms with Crippen LogP contribution in [0, 0.1) is 0 Å². The summed E-state index contributed by atoms with van der Waals surface area (Å²) in [5, 5.41) is 4.22. The molecule has 0 aromatic heterocycles. The topological polar surface area (TPSA) is 77.0 Å². The molecule has 0 atom stereocenters. The van der Waals surface area contributed by atoms with E-state index in [1.165, 1.54) is 44.7 Å². The van der Waals surface area contributed by atoms with E-state index in [0.29, 0.717) is 22.1 Å². The zero-order chi connectivity index (χ0) is 16.9. The van der Waals surface area contributed by atoms with Gasteiger partial charge in [-0.25, -0.2) is 4.83 Å². The molecule has 0 aliphatic heterocycles. The van der Waals surface area contributed by atoms with Crippen LogP contribution in [0.4, 0.5) is 0 Å². The minimum absolute atomic E-state index is 0.0663. The first-order valence-electron chi connectivity index (χ1n) is 6.49. The van der Waals surface area contributed by atoms with Crippen LogP contribution < -0.4 is 14.3 Å². The summed E-state index contributed by atoms with van der Waals surface area (Å²) in [5.74, 6) is 0.987. The largest absolute Gasteiger partial charge is 0.493 e. The summed E-state index contributed by atoms with van der Waals surface area (Å²) in [5.41, 5.74) is 0.575. The highest BCUT2D eigenvalue weighted by molar-refractivity contribution is 7.89. The second-order valence-corrected chi connectivity index (χ2v) is 6.49. The highest BCUT2D eigenvalue weighted by Crippen LogP contribution is 2.29. The maximum absolute atomic E-state index is 12.1. The van der Waals surface area contributed by atoms with E-state index < -0.39 is 10.0 Å². The summed E-state index contributed by atoms with van der Waals surface area (Å²) in [6.45, 7) is 0. The molecule has 0 bridgehead atoms. The molecule has 0 saturated carbocycles. The van der Waals surface area contributed by atoms with E-state index in [9.17, 15) is 8.42 Å². The van der Waals surface area contributed by atoms with Gasteiger partial charge in [0.25, 0.3) is 10.0 Å². The van der Waals surface area contributed by atoms with Gasteiger partial charge in [0.15, 0.2) is 11.5 Å². The molecular weight excluding hydrogens is 340 g/mol. The Morgan fingerprint density at radius 1 is 1.09 bits per heavy atom. The number of benzene rings is 2. The number of nitrogens with one attached hydrogen (secondary N) is 1. The van der Waals surface area contributed by atoms with E-state index in [1.807, 2.05) is 0 Å². The van der Waals surface area contributed by atoms with Crippen LogP contribution in [-0.2, 0) is 10.0 Å². The van der Waals surface area contributed by atoms with Crippen molar-refractivity contribution in [2.45, 2.75) is 4.90 Å². The average Bonchev–Trinajstić information content (AvgIpc) is 2.54. The minimum atomic E-state index is -3.76. The molecule has 0 fully saturated rings. The van der Waals surface area contributed by atoms with Crippen LogP contribution in [0.2, 0.25) is 5.02 Å². The molecule has 0 aliphatic carbocycles. The lowest BCUT2D eigenvalue weighted by Crippen LogP contribution is -2.18. The van der Waals surface area contributed by atoms with E-state index in [4.69, 9.17) is 21.1 Å². The molecule has 122 valence electrons. The Labute approximate surface area is 139 Å². The summed E-state index contributed by atoms with van der Waals surface area (Å²) in [6.07, 6.45) is 1.34. The third-order valence-electron chi connectivity index (χ3n) is 2.93. The molecule has 2 aromatic carbocycles. The van der Waals surface area contributed by atoms with Crippen molar-refractivity contribution in [3.8, 4) is 11.5 Å². The number of rotatable bonds is 6. The average molecular weight is 355 g/mol. The molecule has 2 rings (SSSR count). The number of sulfonamides is 1. The van der Waals surface area contributed by atoms with Crippen LogP contribution in [0.5, 0.6) is 11.5 Å². The van der Waals surface area contributed by atoms with Crippen LogP contribution in [0.15, 0.2) is 52.5 Å². The predicted octanol–water partition coefficient (Wildman–Crippen LogP) is 2.67. The second-order valence-electron chi connectivity index (χ2n) is 4.39. The van der Waals surface area contributed by atoms with Crippen LogP contribution in [-0.4, -0.2) is 28.9 Å². The Bertz CT molecular complexity index is 805. The Hall–Kier alpha value is -2.25. The fraction of sp³-hybridized carbons (Fsp3) is 0.133. The summed E-state index contributed by atoms with van der Waals surface area (Å²) in [6, 6.07) is 11.0. The van der Waals surface area contributed by atoms with Gasteiger partial charge in [-0.2, -0.15) is 13.5 Å². The third kappa shape index (κ3) is 4.14. The van der Waals surface area contributed by atoms with E-state index in [1.54, 1.807) is 18.2 Å². The normalized spacial score (nSPS) is 11.4. The molecule has 23 heavy (non-hydrogen) atoms.